The SMILES string of the molecule is CNC(=O)CCNCCc1cccc(N)c1. The van der Waals surface area contributed by atoms with Crippen molar-refractivity contribution in [3.05, 3.63) is 29.8 Å². The van der Waals surface area contributed by atoms with Crippen LogP contribution >= 0.6 is 0 Å². The molecular formula is C12H19N3O. The number of nitrogen functional groups attached to an aromatic ring is 1. The van der Waals surface area contributed by atoms with Crippen molar-refractivity contribution in [1.29, 1.82) is 0 Å². The Morgan fingerprint density at radius 1 is 1.38 bits per heavy atom. The van der Waals surface area contributed by atoms with Crippen LogP contribution in [-0.2, 0) is 11.2 Å². The first-order valence-electron chi connectivity index (χ1n) is 5.48. The molecule has 0 bridgehead atoms. The van der Waals surface area contributed by atoms with Crippen molar-refractivity contribution in [2.24, 2.45) is 0 Å². The van der Waals surface area contributed by atoms with Gasteiger partial charge in [-0.05, 0) is 30.7 Å². The van der Waals surface area contributed by atoms with Crippen LogP contribution in [0.15, 0.2) is 24.3 Å². The Balaban J connectivity index is 2.14. The largest absolute Gasteiger partial charge is 0.399 e. The molecule has 0 aliphatic rings. The van der Waals surface area contributed by atoms with E-state index in [9.17, 15) is 4.79 Å². The summed E-state index contributed by atoms with van der Waals surface area (Å²) in [7, 11) is 1.65. The Morgan fingerprint density at radius 3 is 2.88 bits per heavy atom. The average Bonchev–Trinajstić information content (AvgIpc) is 2.28. The molecule has 0 unspecified atom stereocenters. The number of anilines is 1. The minimum absolute atomic E-state index is 0.0662. The van der Waals surface area contributed by atoms with Crippen LogP contribution in [0, 0.1) is 0 Å². The van der Waals surface area contributed by atoms with E-state index < -0.39 is 0 Å². The second-order valence-corrected chi connectivity index (χ2v) is 3.67. The van der Waals surface area contributed by atoms with E-state index in [1.165, 1.54) is 5.56 Å². The number of benzene rings is 1. The molecule has 0 radical (unpaired) electrons. The van der Waals surface area contributed by atoms with E-state index in [2.05, 4.69) is 16.7 Å². The lowest BCUT2D eigenvalue weighted by Gasteiger charge is -2.05. The minimum Gasteiger partial charge on any atom is -0.399 e. The number of hydrogen-bond donors (Lipinski definition) is 3. The van der Waals surface area contributed by atoms with E-state index in [4.69, 9.17) is 5.73 Å². The zero-order valence-electron chi connectivity index (χ0n) is 9.62. The summed E-state index contributed by atoms with van der Waals surface area (Å²) < 4.78 is 0. The maximum atomic E-state index is 10.9. The van der Waals surface area contributed by atoms with Crippen molar-refractivity contribution < 1.29 is 4.79 Å². The predicted octanol–water partition coefficient (Wildman–Crippen LogP) is 0.537. The Kier molecular flexibility index (Phi) is 5.36. The molecular weight excluding hydrogens is 202 g/mol. The summed E-state index contributed by atoms with van der Waals surface area (Å²) in [5.74, 6) is 0.0662. The van der Waals surface area contributed by atoms with Gasteiger partial charge in [-0.2, -0.15) is 0 Å². The van der Waals surface area contributed by atoms with Crippen LogP contribution in [0.1, 0.15) is 12.0 Å². The molecule has 0 aliphatic heterocycles. The van der Waals surface area contributed by atoms with E-state index in [0.717, 1.165) is 18.7 Å². The van der Waals surface area contributed by atoms with Crippen molar-refractivity contribution in [2.75, 3.05) is 25.9 Å². The summed E-state index contributed by atoms with van der Waals surface area (Å²) in [6.45, 7) is 1.57. The maximum absolute atomic E-state index is 10.9. The third kappa shape index (κ3) is 4.79. The second-order valence-electron chi connectivity index (χ2n) is 3.67. The van der Waals surface area contributed by atoms with Crippen LogP contribution in [0.25, 0.3) is 0 Å². The summed E-state index contributed by atoms with van der Waals surface area (Å²) in [6.07, 6.45) is 1.45. The van der Waals surface area contributed by atoms with E-state index in [1.54, 1.807) is 7.05 Å². The smallest absolute Gasteiger partial charge is 0.221 e. The molecule has 0 aliphatic carbocycles. The Labute approximate surface area is 96.2 Å². The lowest BCUT2D eigenvalue weighted by atomic mass is 10.1. The number of hydrogen-bond acceptors (Lipinski definition) is 3. The highest BCUT2D eigenvalue weighted by Gasteiger charge is 1.97. The number of amides is 1. The van der Waals surface area contributed by atoms with Crippen LogP contribution < -0.4 is 16.4 Å². The molecule has 88 valence electrons. The Hall–Kier alpha value is -1.55. The molecule has 0 atom stereocenters. The minimum atomic E-state index is 0.0662. The number of nitrogens with two attached hydrogens (primary N) is 1. The molecule has 4 nitrogen and oxygen atoms in total. The van der Waals surface area contributed by atoms with Gasteiger partial charge in [-0.15, -0.1) is 0 Å². The fourth-order valence-corrected chi connectivity index (χ4v) is 1.43. The van der Waals surface area contributed by atoms with Gasteiger partial charge in [-0.3, -0.25) is 4.79 Å². The number of carbonyl (C=O) groups excluding carboxylic acids is 1. The number of nitrogens with one attached hydrogen (secondary N) is 2. The quantitative estimate of drug-likeness (QED) is 0.485. The van der Waals surface area contributed by atoms with Crippen molar-refractivity contribution in [1.82, 2.24) is 10.6 Å². The molecule has 0 heterocycles. The Morgan fingerprint density at radius 2 is 2.19 bits per heavy atom. The van der Waals surface area contributed by atoms with Crippen LogP contribution in [0.2, 0.25) is 0 Å². The van der Waals surface area contributed by atoms with Crippen LogP contribution in [-0.4, -0.2) is 26.0 Å². The fraction of sp³-hybridized carbons (Fsp3) is 0.417. The van der Waals surface area contributed by atoms with Crippen LogP contribution in [0.4, 0.5) is 5.69 Å². The molecule has 0 saturated heterocycles. The van der Waals surface area contributed by atoms with Gasteiger partial charge < -0.3 is 16.4 Å². The normalized spacial score (nSPS) is 10.1. The van der Waals surface area contributed by atoms with E-state index in [1.807, 2.05) is 18.2 Å². The van der Waals surface area contributed by atoms with Crippen LogP contribution in [0.5, 0.6) is 0 Å². The predicted molar refractivity (Wildman–Crippen MR) is 66.1 cm³/mol. The fourth-order valence-electron chi connectivity index (χ4n) is 1.43. The van der Waals surface area contributed by atoms with Gasteiger partial charge in [-0.1, -0.05) is 12.1 Å². The summed E-state index contributed by atoms with van der Waals surface area (Å²) >= 11 is 0. The molecule has 1 aromatic carbocycles. The molecule has 1 aromatic rings. The Bertz CT molecular complexity index is 339. The lowest BCUT2D eigenvalue weighted by Crippen LogP contribution is -2.25. The molecule has 0 spiro atoms. The highest BCUT2D eigenvalue weighted by molar-refractivity contribution is 5.75. The van der Waals surface area contributed by atoms with Gasteiger partial charge in [0, 0.05) is 25.7 Å². The second kappa shape index (κ2) is 6.85. The zero-order valence-corrected chi connectivity index (χ0v) is 9.62. The number of carbonyl (C=O) groups is 1. The third-order valence-electron chi connectivity index (χ3n) is 2.35. The number of rotatable bonds is 6. The van der Waals surface area contributed by atoms with Gasteiger partial charge in [0.1, 0.15) is 0 Å². The van der Waals surface area contributed by atoms with Gasteiger partial charge >= 0.3 is 0 Å². The zero-order chi connectivity index (χ0) is 11.8. The van der Waals surface area contributed by atoms with Crippen LogP contribution in [0.3, 0.4) is 0 Å². The monoisotopic (exact) mass is 221 g/mol. The topological polar surface area (TPSA) is 67.2 Å². The standard InChI is InChI=1S/C12H19N3O/c1-14-12(16)6-8-15-7-5-10-3-2-4-11(13)9-10/h2-4,9,15H,5-8,13H2,1H3,(H,14,16). The first-order chi connectivity index (χ1) is 7.72. The van der Waals surface area contributed by atoms with Crippen molar-refractivity contribution >= 4 is 11.6 Å². The first kappa shape index (κ1) is 12.5. The van der Waals surface area contributed by atoms with E-state index in [-0.39, 0.29) is 5.91 Å². The van der Waals surface area contributed by atoms with Gasteiger partial charge in [0.05, 0.1) is 0 Å². The van der Waals surface area contributed by atoms with Gasteiger partial charge in [0.25, 0.3) is 0 Å². The third-order valence-corrected chi connectivity index (χ3v) is 2.35. The highest BCUT2D eigenvalue weighted by atomic mass is 16.1. The van der Waals surface area contributed by atoms with Gasteiger partial charge in [-0.25, -0.2) is 0 Å². The molecule has 4 N–H and O–H groups in total. The molecule has 4 heteroatoms. The van der Waals surface area contributed by atoms with E-state index >= 15 is 0 Å². The van der Waals surface area contributed by atoms with Crippen molar-refractivity contribution in [3.63, 3.8) is 0 Å². The molecule has 1 amide bonds. The average molecular weight is 221 g/mol. The molecule has 0 fully saturated rings. The summed E-state index contributed by atoms with van der Waals surface area (Å²) in [5, 5.41) is 5.80. The molecule has 1 rings (SSSR count). The highest BCUT2D eigenvalue weighted by Crippen LogP contribution is 2.06. The summed E-state index contributed by atoms with van der Waals surface area (Å²) in [5.41, 5.74) is 7.68. The van der Waals surface area contributed by atoms with Crippen molar-refractivity contribution in [3.8, 4) is 0 Å². The summed E-state index contributed by atoms with van der Waals surface area (Å²) in [6, 6.07) is 7.86. The van der Waals surface area contributed by atoms with Gasteiger partial charge in [0.15, 0.2) is 0 Å². The molecule has 16 heavy (non-hydrogen) atoms. The van der Waals surface area contributed by atoms with Crippen molar-refractivity contribution in [2.45, 2.75) is 12.8 Å². The summed E-state index contributed by atoms with van der Waals surface area (Å²) in [4.78, 5) is 10.9. The van der Waals surface area contributed by atoms with Gasteiger partial charge in [0.2, 0.25) is 5.91 Å². The lowest BCUT2D eigenvalue weighted by molar-refractivity contribution is -0.120. The maximum Gasteiger partial charge on any atom is 0.221 e. The molecule has 0 saturated carbocycles. The van der Waals surface area contributed by atoms with E-state index in [0.29, 0.717) is 13.0 Å². The molecule has 0 aromatic heterocycles. The first-order valence-corrected chi connectivity index (χ1v) is 5.48.